The zero-order valence-corrected chi connectivity index (χ0v) is 13.0. The van der Waals surface area contributed by atoms with Crippen molar-refractivity contribution in [2.24, 2.45) is 0 Å². The summed E-state index contributed by atoms with van der Waals surface area (Å²) in [4.78, 5) is 0.104. The maximum atomic E-state index is 11.6. The Morgan fingerprint density at radius 3 is 2.37 bits per heavy atom. The van der Waals surface area contributed by atoms with Crippen LogP contribution in [0, 0.1) is 19.3 Å². The van der Waals surface area contributed by atoms with Gasteiger partial charge in [0.05, 0.1) is 4.90 Å². The third-order valence-corrected chi connectivity index (χ3v) is 4.12. The SMILES string of the molecule is C#CCOc1cc(C)c(S(=O)(=O)Cl)cc1C(C)(C)C. The molecule has 104 valence electrons. The predicted octanol–water partition coefficient (Wildman–Crippen LogP) is 3.23. The number of ether oxygens (including phenoxy) is 1. The van der Waals surface area contributed by atoms with Gasteiger partial charge in [-0.2, -0.15) is 0 Å². The summed E-state index contributed by atoms with van der Waals surface area (Å²) in [6.45, 7) is 7.70. The lowest BCUT2D eigenvalue weighted by Gasteiger charge is -2.23. The van der Waals surface area contributed by atoms with Gasteiger partial charge in [0.25, 0.3) is 9.05 Å². The minimum Gasteiger partial charge on any atom is -0.481 e. The summed E-state index contributed by atoms with van der Waals surface area (Å²) in [6, 6.07) is 3.22. The highest BCUT2D eigenvalue weighted by Gasteiger charge is 2.24. The van der Waals surface area contributed by atoms with Gasteiger partial charge in [0, 0.05) is 16.2 Å². The Morgan fingerprint density at radius 2 is 1.95 bits per heavy atom. The third kappa shape index (κ3) is 3.89. The van der Waals surface area contributed by atoms with Gasteiger partial charge in [-0.25, -0.2) is 8.42 Å². The highest BCUT2D eigenvalue weighted by Crippen LogP contribution is 2.36. The van der Waals surface area contributed by atoms with Gasteiger partial charge in [0.1, 0.15) is 12.4 Å². The van der Waals surface area contributed by atoms with Crippen LogP contribution in [0.5, 0.6) is 5.75 Å². The van der Waals surface area contributed by atoms with Gasteiger partial charge in [-0.1, -0.05) is 26.7 Å². The third-order valence-electron chi connectivity index (χ3n) is 2.66. The van der Waals surface area contributed by atoms with Gasteiger partial charge in [-0.05, 0) is 30.0 Å². The van der Waals surface area contributed by atoms with Gasteiger partial charge in [0.2, 0.25) is 0 Å². The molecule has 0 spiro atoms. The molecule has 0 unspecified atom stereocenters. The first kappa shape index (κ1) is 15.9. The number of rotatable bonds is 3. The predicted molar refractivity (Wildman–Crippen MR) is 77.2 cm³/mol. The number of terminal acetylenes is 1. The van der Waals surface area contributed by atoms with Gasteiger partial charge >= 0.3 is 0 Å². The molecule has 0 N–H and O–H groups in total. The van der Waals surface area contributed by atoms with Crippen molar-refractivity contribution in [2.75, 3.05) is 6.61 Å². The van der Waals surface area contributed by atoms with E-state index in [1.165, 1.54) is 0 Å². The van der Waals surface area contributed by atoms with E-state index in [4.69, 9.17) is 21.8 Å². The van der Waals surface area contributed by atoms with Gasteiger partial charge in [-0.3, -0.25) is 0 Å². The van der Waals surface area contributed by atoms with Crippen LogP contribution in [0.1, 0.15) is 31.9 Å². The molecule has 0 bridgehead atoms. The van der Waals surface area contributed by atoms with Crippen LogP contribution in [-0.2, 0) is 14.5 Å². The Balaban J connectivity index is 3.52. The van der Waals surface area contributed by atoms with Crippen molar-refractivity contribution in [3.8, 4) is 18.1 Å². The van der Waals surface area contributed by atoms with Gasteiger partial charge in [-0.15, -0.1) is 6.42 Å². The summed E-state index contributed by atoms with van der Waals surface area (Å²) in [5.41, 5.74) is 1.01. The number of halogens is 1. The van der Waals surface area contributed by atoms with Gasteiger partial charge < -0.3 is 4.74 Å². The number of aryl methyl sites for hydroxylation is 1. The monoisotopic (exact) mass is 300 g/mol. The van der Waals surface area contributed by atoms with Crippen molar-refractivity contribution in [1.29, 1.82) is 0 Å². The molecule has 0 aliphatic carbocycles. The first-order chi connectivity index (χ1) is 8.57. The molecule has 0 aliphatic rings. The van der Waals surface area contributed by atoms with Crippen molar-refractivity contribution >= 4 is 19.7 Å². The van der Waals surface area contributed by atoms with Crippen LogP contribution in [-0.4, -0.2) is 15.0 Å². The molecule has 0 amide bonds. The molecule has 1 aromatic rings. The Bertz CT molecular complexity index is 619. The quantitative estimate of drug-likeness (QED) is 0.636. The number of hydrogen-bond acceptors (Lipinski definition) is 3. The maximum absolute atomic E-state index is 11.6. The molecule has 0 aromatic heterocycles. The first-order valence-corrected chi connectivity index (χ1v) is 8.04. The van der Waals surface area contributed by atoms with Crippen LogP contribution in [0.15, 0.2) is 17.0 Å². The van der Waals surface area contributed by atoms with E-state index in [1.54, 1.807) is 19.1 Å². The highest BCUT2D eigenvalue weighted by atomic mass is 35.7. The molecule has 0 aliphatic heterocycles. The summed E-state index contributed by atoms with van der Waals surface area (Å²) < 4.78 is 28.6. The summed E-state index contributed by atoms with van der Waals surface area (Å²) in [5, 5.41) is 0. The normalized spacial score (nSPS) is 12.0. The molecule has 0 saturated carbocycles. The van der Waals surface area contributed by atoms with E-state index in [0.29, 0.717) is 11.3 Å². The average Bonchev–Trinajstić information content (AvgIpc) is 2.22. The van der Waals surface area contributed by atoms with Crippen molar-refractivity contribution in [3.05, 3.63) is 23.3 Å². The van der Waals surface area contributed by atoms with Crippen molar-refractivity contribution < 1.29 is 13.2 Å². The summed E-state index contributed by atoms with van der Waals surface area (Å²) in [5.74, 6) is 2.98. The van der Waals surface area contributed by atoms with E-state index in [2.05, 4.69) is 5.92 Å². The minimum absolute atomic E-state index is 0.104. The molecule has 0 saturated heterocycles. The Labute approximate surface area is 119 Å². The summed E-state index contributed by atoms with van der Waals surface area (Å²) in [6.07, 6.45) is 5.18. The second-order valence-electron chi connectivity index (χ2n) is 5.29. The molecule has 19 heavy (non-hydrogen) atoms. The van der Waals surface area contributed by atoms with Crippen LogP contribution in [0.3, 0.4) is 0 Å². The molecule has 1 rings (SSSR count). The number of hydrogen-bond donors (Lipinski definition) is 0. The van der Waals surface area contributed by atoms with Gasteiger partial charge in [0.15, 0.2) is 0 Å². The molecule has 1 aromatic carbocycles. The molecule has 0 heterocycles. The molecule has 0 radical (unpaired) electrons. The topological polar surface area (TPSA) is 43.4 Å². The molecule has 0 atom stereocenters. The smallest absolute Gasteiger partial charge is 0.261 e. The first-order valence-electron chi connectivity index (χ1n) is 5.73. The lowest BCUT2D eigenvalue weighted by atomic mass is 9.86. The lowest BCUT2D eigenvalue weighted by Crippen LogP contribution is -2.15. The molecule has 0 fully saturated rings. The summed E-state index contributed by atoms with van der Waals surface area (Å²) in [7, 11) is 1.66. The zero-order chi connectivity index (χ0) is 14.8. The lowest BCUT2D eigenvalue weighted by molar-refractivity contribution is 0.357. The van der Waals surface area contributed by atoms with Crippen LogP contribution in [0.4, 0.5) is 0 Å². The van der Waals surface area contributed by atoms with Crippen LogP contribution in [0.25, 0.3) is 0 Å². The molecule has 5 heteroatoms. The van der Waals surface area contributed by atoms with E-state index in [0.717, 1.165) is 5.56 Å². The Hall–Kier alpha value is -1.18. The Kier molecular flexibility index (Phi) is 4.54. The van der Waals surface area contributed by atoms with Crippen LogP contribution in [0.2, 0.25) is 0 Å². The standard InChI is InChI=1S/C14H17ClO3S/c1-6-7-18-12-8-10(2)13(19(15,16)17)9-11(12)14(3,4)5/h1,8-9H,7H2,2-5H3. The fourth-order valence-corrected chi connectivity index (χ4v) is 2.95. The van der Waals surface area contributed by atoms with E-state index >= 15 is 0 Å². The average molecular weight is 301 g/mol. The van der Waals surface area contributed by atoms with Crippen molar-refractivity contribution in [3.63, 3.8) is 0 Å². The zero-order valence-electron chi connectivity index (χ0n) is 11.5. The largest absolute Gasteiger partial charge is 0.481 e. The molecule has 3 nitrogen and oxygen atoms in total. The maximum Gasteiger partial charge on any atom is 0.261 e. The van der Waals surface area contributed by atoms with E-state index < -0.39 is 9.05 Å². The second kappa shape index (κ2) is 5.44. The van der Waals surface area contributed by atoms with E-state index in [-0.39, 0.29) is 16.9 Å². The van der Waals surface area contributed by atoms with Crippen molar-refractivity contribution in [1.82, 2.24) is 0 Å². The molecular formula is C14H17ClO3S. The van der Waals surface area contributed by atoms with E-state index in [9.17, 15) is 8.42 Å². The number of benzene rings is 1. The fraction of sp³-hybridized carbons (Fsp3) is 0.429. The van der Waals surface area contributed by atoms with Crippen LogP contribution < -0.4 is 4.74 Å². The second-order valence-corrected chi connectivity index (χ2v) is 7.83. The minimum atomic E-state index is -3.78. The summed E-state index contributed by atoms with van der Waals surface area (Å²) >= 11 is 0. The van der Waals surface area contributed by atoms with Crippen molar-refractivity contribution in [2.45, 2.75) is 38.0 Å². The highest BCUT2D eigenvalue weighted by molar-refractivity contribution is 8.13. The van der Waals surface area contributed by atoms with E-state index in [1.807, 2.05) is 20.8 Å². The fourth-order valence-electron chi connectivity index (χ4n) is 1.75. The Morgan fingerprint density at radius 1 is 1.37 bits per heavy atom. The molecular weight excluding hydrogens is 284 g/mol. The van der Waals surface area contributed by atoms with Crippen LogP contribution >= 0.6 is 10.7 Å².